The summed E-state index contributed by atoms with van der Waals surface area (Å²) >= 11 is 0. The number of rotatable bonds is 3. The average molecular weight is 195 g/mol. The van der Waals surface area contributed by atoms with Crippen LogP contribution < -0.4 is 0 Å². The molecule has 0 heterocycles. The van der Waals surface area contributed by atoms with Crippen molar-refractivity contribution in [1.29, 1.82) is 0 Å². The molecule has 0 spiro atoms. The van der Waals surface area contributed by atoms with Crippen molar-refractivity contribution in [3.8, 4) is 0 Å². The van der Waals surface area contributed by atoms with Gasteiger partial charge in [-0.3, -0.25) is 9.80 Å². The summed E-state index contributed by atoms with van der Waals surface area (Å²) in [4.78, 5) is 4.32. The first-order valence-electron chi connectivity index (χ1n) is 3.21. The van der Waals surface area contributed by atoms with Crippen LogP contribution in [0.5, 0.6) is 0 Å². The minimum Gasteiger partial charge on any atom is -0.341 e. The smallest absolute Gasteiger partial charge is 0.341 e. The molecular formula is C7H17N2Zn+. The molecule has 10 heavy (non-hydrogen) atoms. The van der Waals surface area contributed by atoms with Crippen LogP contribution in [0.25, 0.3) is 0 Å². The van der Waals surface area contributed by atoms with Gasteiger partial charge in [-0.1, -0.05) is 0 Å². The Hall–Kier alpha value is 0.543. The summed E-state index contributed by atoms with van der Waals surface area (Å²) in [5, 5.41) is 0. The predicted octanol–water partition coefficient (Wildman–Crippen LogP) is 0.657. The van der Waals surface area contributed by atoms with Crippen LogP contribution in [0, 0.1) is 6.92 Å². The Morgan fingerprint density at radius 2 is 1.40 bits per heavy atom. The summed E-state index contributed by atoms with van der Waals surface area (Å²) in [6.07, 6.45) is 1.41. The van der Waals surface area contributed by atoms with E-state index in [0.29, 0.717) is 6.17 Å². The SMILES string of the molecule is [CH2-]CC(N(C)C)N(C)C.[Zn+2]. The van der Waals surface area contributed by atoms with Crippen molar-refractivity contribution in [3.05, 3.63) is 6.92 Å². The van der Waals surface area contributed by atoms with Gasteiger partial charge in [0.2, 0.25) is 0 Å². The molecule has 0 rings (SSSR count). The summed E-state index contributed by atoms with van der Waals surface area (Å²) in [6.45, 7) is 3.85. The van der Waals surface area contributed by atoms with Gasteiger partial charge >= 0.3 is 19.5 Å². The van der Waals surface area contributed by atoms with Crippen LogP contribution in [0.3, 0.4) is 0 Å². The van der Waals surface area contributed by atoms with Gasteiger partial charge in [0.1, 0.15) is 0 Å². The first-order chi connectivity index (χ1) is 4.09. The molecular weight excluding hydrogens is 177 g/mol. The molecule has 2 nitrogen and oxygen atoms in total. The molecule has 0 aromatic rings. The largest absolute Gasteiger partial charge is 2.00 e. The third kappa shape index (κ3) is 4.37. The van der Waals surface area contributed by atoms with Crippen LogP contribution in [0.15, 0.2) is 0 Å². The van der Waals surface area contributed by atoms with Gasteiger partial charge in [-0.2, -0.15) is 6.42 Å². The zero-order valence-electron chi connectivity index (χ0n) is 7.59. The molecule has 0 atom stereocenters. The summed E-state index contributed by atoms with van der Waals surface area (Å²) in [5.41, 5.74) is 0. The van der Waals surface area contributed by atoms with Crippen LogP contribution in [-0.4, -0.2) is 44.2 Å². The topological polar surface area (TPSA) is 6.48 Å². The Kier molecular flexibility index (Phi) is 8.24. The van der Waals surface area contributed by atoms with E-state index < -0.39 is 0 Å². The van der Waals surface area contributed by atoms with Gasteiger partial charge < -0.3 is 6.92 Å². The van der Waals surface area contributed by atoms with E-state index in [0.717, 1.165) is 6.42 Å². The standard InChI is InChI=1S/C7H17N2.Zn/c1-6-7(8(2)3)9(4)5;/h7H,1,6H2,2-5H3;/q-1;+2. The Bertz CT molecular complexity index is 66.0. The van der Waals surface area contributed by atoms with Crippen LogP contribution in [0.2, 0.25) is 0 Å². The fourth-order valence-corrected chi connectivity index (χ4v) is 0.978. The molecule has 0 aliphatic heterocycles. The van der Waals surface area contributed by atoms with E-state index in [1.165, 1.54) is 0 Å². The first-order valence-corrected chi connectivity index (χ1v) is 3.21. The average Bonchev–Trinajstić information content (AvgIpc) is 1.64. The zero-order chi connectivity index (χ0) is 7.44. The van der Waals surface area contributed by atoms with Gasteiger partial charge in [0, 0.05) is 6.17 Å². The van der Waals surface area contributed by atoms with Gasteiger partial charge in [-0.15, -0.1) is 0 Å². The van der Waals surface area contributed by atoms with Crippen molar-refractivity contribution in [2.75, 3.05) is 28.2 Å². The summed E-state index contributed by atoms with van der Waals surface area (Å²) < 4.78 is 0. The van der Waals surface area contributed by atoms with Crippen molar-refractivity contribution < 1.29 is 19.5 Å². The predicted molar refractivity (Wildman–Crippen MR) is 41.1 cm³/mol. The van der Waals surface area contributed by atoms with Gasteiger partial charge in [0.15, 0.2) is 0 Å². The van der Waals surface area contributed by atoms with E-state index in [1.807, 2.05) is 0 Å². The molecule has 0 amide bonds. The van der Waals surface area contributed by atoms with Gasteiger partial charge in [-0.25, -0.2) is 0 Å². The molecule has 56 valence electrons. The number of nitrogens with zero attached hydrogens (tertiary/aromatic N) is 2. The van der Waals surface area contributed by atoms with E-state index >= 15 is 0 Å². The van der Waals surface area contributed by atoms with Gasteiger partial charge in [-0.05, 0) is 28.2 Å². The van der Waals surface area contributed by atoms with Gasteiger partial charge in [0.25, 0.3) is 0 Å². The zero-order valence-corrected chi connectivity index (χ0v) is 10.6. The normalized spacial score (nSPS) is 10.8. The van der Waals surface area contributed by atoms with E-state index in [4.69, 9.17) is 0 Å². The molecule has 0 N–H and O–H groups in total. The Balaban J connectivity index is 0. The minimum atomic E-state index is 0. The van der Waals surface area contributed by atoms with Crippen LogP contribution in [0.4, 0.5) is 0 Å². The molecule has 0 aliphatic rings. The monoisotopic (exact) mass is 193 g/mol. The quantitative estimate of drug-likeness (QED) is 0.370. The Morgan fingerprint density at radius 1 is 1.10 bits per heavy atom. The Morgan fingerprint density at radius 3 is 1.40 bits per heavy atom. The van der Waals surface area contributed by atoms with Crippen molar-refractivity contribution in [2.24, 2.45) is 0 Å². The molecule has 0 bridgehead atoms. The molecule has 0 aromatic heterocycles. The third-order valence-corrected chi connectivity index (χ3v) is 1.45. The molecule has 0 aliphatic carbocycles. The first kappa shape index (κ1) is 13.2. The minimum absolute atomic E-state index is 0. The van der Waals surface area contributed by atoms with Crippen molar-refractivity contribution in [2.45, 2.75) is 12.6 Å². The van der Waals surface area contributed by atoms with Crippen molar-refractivity contribution >= 4 is 0 Å². The second kappa shape index (κ2) is 6.27. The maximum Gasteiger partial charge on any atom is 2.00 e. The molecule has 0 radical (unpaired) electrons. The summed E-state index contributed by atoms with van der Waals surface area (Å²) in [6, 6.07) is 0. The number of hydrogen-bond acceptors (Lipinski definition) is 2. The molecule has 3 heteroatoms. The van der Waals surface area contributed by atoms with Crippen molar-refractivity contribution in [1.82, 2.24) is 9.80 Å². The van der Waals surface area contributed by atoms with Crippen LogP contribution in [-0.2, 0) is 19.5 Å². The second-order valence-electron chi connectivity index (χ2n) is 2.70. The van der Waals surface area contributed by atoms with Crippen LogP contribution >= 0.6 is 0 Å². The van der Waals surface area contributed by atoms with E-state index in [2.05, 4.69) is 44.9 Å². The second-order valence-corrected chi connectivity index (χ2v) is 2.70. The third-order valence-electron chi connectivity index (χ3n) is 1.45. The maximum atomic E-state index is 3.85. The van der Waals surface area contributed by atoms with E-state index in [-0.39, 0.29) is 19.5 Å². The fourth-order valence-electron chi connectivity index (χ4n) is 0.978. The van der Waals surface area contributed by atoms with Crippen LogP contribution in [0.1, 0.15) is 6.42 Å². The summed E-state index contributed by atoms with van der Waals surface area (Å²) in [7, 11) is 8.26. The van der Waals surface area contributed by atoms with E-state index in [1.54, 1.807) is 0 Å². The maximum absolute atomic E-state index is 3.85. The molecule has 0 fully saturated rings. The molecule has 0 unspecified atom stereocenters. The molecule has 0 saturated heterocycles. The number of hydrogen-bond donors (Lipinski definition) is 0. The molecule has 0 saturated carbocycles. The fraction of sp³-hybridized carbons (Fsp3) is 0.857. The Labute approximate surface area is 77.3 Å². The summed E-state index contributed by atoms with van der Waals surface area (Å²) in [5.74, 6) is 0. The van der Waals surface area contributed by atoms with Crippen molar-refractivity contribution in [3.63, 3.8) is 0 Å². The van der Waals surface area contributed by atoms with E-state index in [9.17, 15) is 0 Å². The molecule has 0 aromatic carbocycles. The van der Waals surface area contributed by atoms with Gasteiger partial charge in [0.05, 0.1) is 0 Å².